The van der Waals surface area contributed by atoms with Gasteiger partial charge in [-0.3, -0.25) is 9.89 Å². The van der Waals surface area contributed by atoms with Gasteiger partial charge in [-0.25, -0.2) is 4.98 Å². The van der Waals surface area contributed by atoms with Crippen LogP contribution in [-0.4, -0.2) is 21.0 Å². The fraction of sp³-hybridized carbons (Fsp3) is 0.250. The van der Waals surface area contributed by atoms with E-state index in [2.05, 4.69) is 15.2 Å². The van der Waals surface area contributed by atoms with Gasteiger partial charge in [-0.1, -0.05) is 78.3 Å². The Kier molecular flexibility index (Phi) is 5.34. The number of nitrogens with one attached hydrogen (secondary N) is 1. The quantitative estimate of drug-likeness (QED) is 0.516. The molecule has 0 fully saturated rings. The first-order valence-corrected chi connectivity index (χ1v) is 9.20. The predicted octanol–water partition coefficient (Wildman–Crippen LogP) is 4.70. The molecule has 0 aliphatic carbocycles. The largest absolute Gasteiger partial charge is 0.293 e. The summed E-state index contributed by atoms with van der Waals surface area (Å²) in [7, 11) is 0. The fourth-order valence-electron chi connectivity index (χ4n) is 2.48. The van der Waals surface area contributed by atoms with E-state index < -0.39 is 0 Å². The zero-order chi connectivity index (χ0) is 17.8. The van der Waals surface area contributed by atoms with Crippen molar-refractivity contribution in [3.8, 4) is 0 Å². The first-order chi connectivity index (χ1) is 12.1. The number of Topliss-reactive ketones (excluding diaryl/α,β-unsaturated/α-hetero) is 1. The third-order valence-corrected chi connectivity index (χ3v) is 5.14. The van der Waals surface area contributed by atoms with E-state index in [0.29, 0.717) is 10.7 Å². The molecule has 1 heterocycles. The molecule has 0 bridgehead atoms. The molecule has 0 aliphatic rings. The third-order valence-electron chi connectivity index (χ3n) is 4.02. The molecule has 1 unspecified atom stereocenters. The van der Waals surface area contributed by atoms with Crippen molar-refractivity contribution in [2.24, 2.45) is 0 Å². The molecule has 0 amide bonds. The second kappa shape index (κ2) is 7.66. The van der Waals surface area contributed by atoms with Crippen LogP contribution in [0.15, 0.2) is 53.7 Å². The molecule has 0 saturated heterocycles. The highest BCUT2D eigenvalue weighted by molar-refractivity contribution is 8.00. The van der Waals surface area contributed by atoms with Crippen molar-refractivity contribution in [3.63, 3.8) is 0 Å². The Morgan fingerprint density at radius 1 is 1.04 bits per heavy atom. The van der Waals surface area contributed by atoms with Gasteiger partial charge in [0.25, 0.3) is 0 Å². The van der Waals surface area contributed by atoms with Crippen LogP contribution in [0.2, 0.25) is 0 Å². The topological polar surface area (TPSA) is 58.6 Å². The molecule has 5 heteroatoms. The number of hydrogen-bond donors (Lipinski definition) is 1. The van der Waals surface area contributed by atoms with Gasteiger partial charge in [0.2, 0.25) is 5.16 Å². The molecule has 3 aromatic rings. The highest BCUT2D eigenvalue weighted by Gasteiger charge is 2.25. The van der Waals surface area contributed by atoms with E-state index in [1.54, 1.807) is 0 Å². The lowest BCUT2D eigenvalue weighted by atomic mass is 10.0. The predicted molar refractivity (Wildman–Crippen MR) is 101 cm³/mol. The molecule has 1 N–H and O–H groups in total. The van der Waals surface area contributed by atoms with Crippen molar-refractivity contribution >= 4 is 17.5 Å². The lowest BCUT2D eigenvalue weighted by Crippen LogP contribution is -2.10. The second-order valence-electron chi connectivity index (χ2n) is 6.06. The van der Waals surface area contributed by atoms with Crippen LogP contribution in [0.4, 0.5) is 0 Å². The molecule has 0 saturated carbocycles. The molecule has 0 radical (unpaired) electrons. The molecule has 2 aromatic carbocycles. The monoisotopic (exact) mass is 351 g/mol. The van der Waals surface area contributed by atoms with Gasteiger partial charge in [0.05, 0.1) is 0 Å². The molecule has 128 valence electrons. The van der Waals surface area contributed by atoms with Crippen LogP contribution in [0.1, 0.15) is 45.0 Å². The fourth-order valence-corrected chi connectivity index (χ4v) is 3.49. The number of carbonyl (C=O) groups excluding carboxylic acids is 1. The minimum atomic E-state index is -0.371. The number of aromatic amines is 1. The molecule has 3 rings (SSSR count). The highest BCUT2D eigenvalue weighted by atomic mass is 32.2. The number of ketones is 1. The third kappa shape index (κ3) is 4.17. The Bertz CT molecular complexity index is 853. The molecule has 25 heavy (non-hydrogen) atoms. The van der Waals surface area contributed by atoms with Crippen LogP contribution < -0.4 is 0 Å². The molecule has 4 nitrogen and oxygen atoms in total. The van der Waals surface area contributed by atoms with E-state index in [1.807, 2.05) is 69.3 Å². The van der Waals surface area contributed by atoms with Crippen molar-refractivity contribution in [1.82, 2.24) is 15.2 Å². The van der Waals surface area contributed by atoms with Crippen LogP contribution in [-0.2, 0) is 6.42 Å². The minimum Gasteiger partial charge on any atom is -0.293 e. The molecular weight excluding hydrogens is 330 g/mol. The number of aryl methyl sites for hydroxylation is 3. The first kappa shape index (κ1) is 17.4. The maximum Gasteiger partial charge on any atom is 0.209 e. The molecule has 1 aromatic heterocycles. The van der Waals surface area contributed by atoms with Crippen molar-refractivity contribution in [3.05, 3.63) is 76.6 Å². The minimum absolute atomic E-state index is 0.0664. The summed E-state index contributed by atoms with van der Waals surface area (Å²) in [6.07, 6.45) is 0.786. The maximum absolute atomic E-state index is 13.1. The van der Waals surface area contributed by atoms with Gasteiger partial charge in [-0.05, 0) is 19.4 Å². The summed E-state index contributed by atoms with van der Waals surface area (Å²) in [6, 6.07) is 15.8. The Balaban J connectivity index is 1.94. The van der Waals surface area contributed by atoms with Gasteiger partial charge in [0, 0.05) is 12.0 Å². The Hall–Kier alpha value is -2.40. The summed E-state index contributed by atoms with van der Waals surface area (Å²) >= 11 is 1.39. The Morgan fingerprint density at radius 2 is 1.64 bits per heavy atom. The summed E-state index contributed by atoms with van der Waals surface area (Å²) in [5.74, 6) is 0.893. The average molecular weight is 351 g/mol. The zero-order valence-electron chi connectivity index (χ0n) is 14.6. The summed E-state index contributed by atoms with van der Waals surface area (Å²) < 4.78 is 0. The number of carbonyl (C=O) groups is 1. The van der Waals surface area contributed by atoms with Gasteiger partial charge in [0.1, 0.15) is 11.1 Å². The van der Waals surface area contributed by atoms with E-state index in [-0.39, 0.29) is 11.0 Å². The maximum atomic E-state index is 13.1. The number of H-pyrrole nitrogens is 1. The van der Waals surface area contributed by atoms with Gasteiger partial charge >= 0.3 is 0 Å². The van der Waals surface area contributed by atoms with Crippen LogP contribution in [0.3, 0.4) is 0 Å². The van der Waals surface area contributed by atoms with E-state index in [0.717, 1.165) is 23.4 Å². The van der Waals surface area contributed by atoms with Gasteiger partial charge in [0.15, 0.2) is 5.78 Å². The van der Waals surface area contributed by atoms with Crippen molar-refractivity contribution in [2.75, 3.05) is 0 Å². The summed E-state index contributed by atoms with van der Waals surface area (Å²) in [6.45, 7) is 6.07. The number of rotatable bonds is 6. The first-order valence-electron chi connectivity index (χ1n) is 8.32. The number of hydrogen-bond acceptors (Lipinski definition) is 4. The van der Waals surface area contributed by atoms with E-state index in [9.17, 15) is 4.79 Å². The summed E-state index contributed by atoms with van der Waals surface area (Å²) in [4.78, 5) is 17.6. The standard InChI is InChI=1S/C20H21N3OS/c1-4-17-21-20(23-22-17)25-19(16-11-7-14(3)8-12-16)18(24)15-9-5-13(2)6-10-15/h5-12,19H,4H2,1-3H3,(H,21,22,23). The Morgan fingerprint density at radius 3 is 2.20 bits per heavy atom. The zero-order valence-corrected chi connectivity index (χ0v) is 15.4. The van der Waals surface area contributed by atoms with Gasteiger partial charge in [-0.15, -0.1) is 5.10 Å². The molecule has 0 spiro atoms. The Labute approximate surface area is 152 Å². The molecule has 1 atom stereocenters. The normalized spacial score (nSPS) is 12.1. The number of benzene rings is 2. The SMILES string of the molecule is CCc1nc(SC(C(=O)c2ccc(C)cc2)c2ccc(C)cc2)n[nH]1. The summed E-state index contributed by atoms with van der Waals surface area (Å²) in [5, 5.41) is 7.38. The molecule has 0 aliphatic heterocycles. The van der Waals surface area contributed by atoms with E-state index in [1.165, 1.54) is 17.3 Å². The van der Waals surface area contributed by atoms with E-state index in [4.69, 9.17) is 0 Å². The molecular formula is C20H21N3OS. The number of thioether (sulfide) groups is 1. The number of nitrogens with zero attached hydrogens (tertiary/aromatic N) is 2. The van der Waals surface area contributed by atoms with Crippen molar-refractivity contribution < 1.29 is 4.79 Å². The smallest absolute Gasteiger partial charge is 0.209 e. The highest BCUT2D eigenvalue weighted by Crippen LogP contribution is 2.36. The van der Waals surface area contributed by atoms with Gasteiger partial charge in [-0.2, -0.15) is 0 Å². The van der Waals surface area contributed by atoms with Crippen LogP contribution >= 0.6 is 11.8 Å². The second-order valence-corrected chi connectivity index (χ2v) is 7.13. The lowest BCUT2D eigenvalue weighted by Gasteiger charge is -2.15. The van der Waals surface area contributed by atoms with Crippen LogP contribution in [0.5, 0.6) is 0 Å². The summed E-state index contributed by atoms with van der Waals surface area (Å²) in [5.41, 5.74) is 3.97. The average Bonchev–Trinajstić information content (AvgIpc) is 3.08. The van der Waals surface area contributed by atoms with Crippen molar-refractivity contribution in [1.29, 1.82) is 0 Å². The van der Waals surface area contributed by atoms with Crippen LogP contribution in [0, 0.1) is 13.8 Å². The van der Waals surface area contributed by atoms with Crippen LogP contribution in [0.25, 0.3) is 0 Å². The van der Waals surface area contributed by atoms with Crippen molar-refractivity contribution in [2.45, 2.75) is 37.6 Å². The van der Waals surface area contributed by atoms with Gasteiger partial charge < -0.3 is 0 Å². The van der Waals surface area contributed by atoms with E-state index >= 15 is 0 Å². The lowest BCUT2D eigenvalue weighted by molar-refractivity contribution is 0.0989. The number of aromatic nitrogens is 3.